The second-order valence-corrected chi connectivity index (χ2v) is 4.66. The lowest BCUT2D eigenvalue weighted by Gasteiger charge is -2.04. The van der Waals surface area contributed by atoms with Gasteiger partial charge in [-0.05, 0) is 36.8 Å². The third-order valence-corrected chi connectivity index (χ3v) is 2.77. The van der Waals surface area contributed by atoms with Crippen LogP contribution in [0, 0.1) is 6.92 Å². The van der Waals surface area contributed by atoms with Gasteiger partial charge in [0.15, 0.2) is 0 Å². The van der Waals surface area contributed by atoms with Crippen LogP contribution in [0.3, 0.4) is 0 Å². The van der Waals surface area contributed by atoms with Crippen LogP contribution < -0.4 is 10.7 Å². The molecule has 2 aromatic rings. The molecular formula is C16H16N4O2. The van der Waals surface area contributed by atoms with Crippen molar-refractivity contribution in [2.45, 2.75) is 13.3 Å². The molecule has 0 aliphatic carbocycles. The molecule has 2 N–H and O–H groups in total. The molecule has 0 spiro atoms. The Morgan fingerprint density at radius 1 is 1.09 bits per heavy atom. The van der Waals surface area contributed by atoms with E-state index in [1.54, 1.807) is 36.7 Å². The molecule has 2 amide bonds. The number of anilines is 1. The summed E-state index contributed by atoms with van der Waals surface area (Å²) in [6.07, 6.45) is 4.44. The Hall–Kier alpha value is -3.02. The van der Waals surface area contributed by atoms with Gasteiger partial charge in [0.25, 0.3) is 0 Å². The van der Waals surface area contributed by atoms with Gasteiger partial charge in [0.1, 0.15) is 6.42 Å². The number of pyridine rings is 1. The Morgan fingerprint density at radius 3 is 2.45 bits per heavy atom. The van der Waals surface area contributed by atoms with Crippen molar-refractivity contribution >= 4 is 23.7 Å². The second-order valence-electron chi connectivity index (χ2n) is 4.66. The van der Waals surface area contributed by atoms with Crippen LogP contribution in [0.4, 0.5) is 5.69 Å². The van der Waals surface area contributed by atoms with Crippen molar-refractivity contribution < 1.29 is 9.59 Å². The number of nitrogens with one attached hydrogen (secondary N) is 2. The van der Waals surface area contributed by atoms with E-state index in [1.807, 2.05) is 19.1 Å². The Balaban J connectivity index is 1.78. The number of amides is 2. The minimum Gasteiger partial charge on any atom is -0.326 e. The molecule has 0 radical (unpaired) electrons. The number of rotatable bonds is 5. The van der Waals surface area contributed by atoms with Crippen LogP contribution in [-0.4, -0.2) is 23.0 Å². The molecule has 1 aromatic heterocycles. The van der Waals surface area contributed by atoms with E-state index in [-0.39, 0.29) is 12.3 Å². The number of carbonyl (C=O) groups is 2. The van der Waals surface area contributed by atoms with Gasteiger partial charge in [-0.25, -0.2) is 5.43 Å². The van der Waals surface area contributed by atoms with Gasteiger partial charge in [0, 0.05) is 18.1 Å². The van der Waals surface area contributed by atoms with Gasteiger partial charge in [-0.15, -0.1) is 0 Å². The zero-order chi connectivity index (χ0) is 15.8. The van der Waals surface area contributed by atoms with Crippen LogP contribution in [-0.2, 0) is 9.59 Å². The Labute approximate surface area is 128 Å². The highest BCUT2D eigenvalue weighted by Gasteiger charge is 2.08. The molecule has 6 heteroatoms. The summed E-state index contributed by atoms with van der Waals surface area (Å²) >= 11 is 0. The van der Waals surface area contributed by atoms with Crippen molar-refractivity contribution in [3.05, 3.63) is 59.9 Å². The lowest BCUT2D eigenvalue weighted by Crippen LogP contribution is -2.24. The van der Waals surface area contributed by atoms with Crippen LogP contribution in [0.15, 0.2) is 53.9 Å². The highest BCUT2D eigenvalue weighted by atomic mass is 16.2. The number of hydrogen-bond donors (Lipinski definition) is 2. The molecule has 1 heterocycles. The van der Waals surface area contributed by atoms with Gasteiger partial charge in [-0.3, -0.25) is 14.6 Å². The minimum absolute atomic E-state index is 0.290. The maximum Gasteiger partial charge on any atom is 0.249 e. The van der Waals surface area contributed by atoms with Gasteiger partial charge >= 0.3 is 0 Å². The standard InChI is InChI=1S/C16H16N4O2/c1-12-2-4-14(5-3-12)19-15(21)10-16(22)20-18-11-13-6-8-17-9-7-13/h2-9,11H,10H2,1H3,(H,19,21)(H,20,22)/b18-11+. The van der Waals surface area contributed by atoms with Gasteiger partial charge in [-0.1, -0.05) is 17.7 Å². The maximum atomic E-state index is 11.7. The minimum atomic E-state index is -0.477. The molecule has 0 aliphatic heterocycles. The smallest absolute Gasteiger partial charge is 0.249 e. The number of aryl methyl sites for hydroxylation is 1. The van der Waals surface area contributed by atoms with E-state index in [1.165, 1.54) is 6.21 Å². The fourth-order valence-electron chi connectivity index (χ4n) is 1.66. The highest BCUT2D eigenvalue weighted by Crippen LogP contribution is 2.08. The number of hydrogen-bond acceptors (Lipinski definition) is 4. The maximum absolute atomic E-state index is 11.7. The van der Waals surface area contributed by atoms with E-state index in [4.69, 9.17) is 0 Å². The number of hydrazone groups is 1. The van der Waals surface area contributed by atoms with Crippen LogP contribution in [0.25, 0.3) is 0 Å². The zero-order valence-electron chi connectivity index (χ0n) is 12.1. The molecule has 0 bridgehead atoms. The van der Waals surface area contributed by atoms with Gasteiger partial charge < -0.3 is 5.32 Å². The molecule has 112 valence electrons. The third kappa shape index (κ3) is 5.16. The number of carbonyl (C=O) groups excluding carboxylic acids is 2. The van der Waals surface area contributed by atoms with Crippen LogP contribution >= 0.6 is 0 Å². The summed E-state index contributed by atoms with van der Waals surface area (Å²) in [4.78, 5) is 27.2. The molecule has 2 rings (SSSR count). The summed E-state index contributed by atoms with van der Waals surface area (Å²) in [7, 11) is 0. The van der Waals surface area contributed by atoms with Crippen LogP contribution in [0.2, 0.25) is 0 Å². The van der Waals surface area contributed by atoms with Gasteiger partial charge in [0.2, 0.25) is 11.8 Å². The molecule has 1 aromatic carbocycles. The average molecular weight is 296 g/mol. The molecule has 0 aliphatic rings. The molecule has 6 nitrogen and oxygen atoms in total. The van der Waals surface area contributed by atoms with E-state index in [9.17, 15) is 9.59 Å². The number of aromatic nitrogens is 1. The molecule has 0 saturated heterocycles. The molecule has 0 unspecified atom stereocenters. The fourth-order valence-corrected chi connectivity index (χ4v) is 1.66. The highest BCUT2D eigenvalue weighted by molar-refractivity contribution is 6.03. The van der Waals surface area contributed by atoms with Gasteiger partial charge in [0.05, 0.1) is 6.21 Å². The molecule has 22 heavy (non-hydrogen) atoms. The monoisotopic (exact) mass is 296 g/mol. The fraction of sp³-hybridized carbons (Fsp3) is 0.125. The van der Waals surface area contributed by atoms with E-state index in [0.717, 1.165) is 11.1 Å². The van der Waals surface area contributed by atoms with Crippen molar-refractivity contribution in [3.63, 3.8) is 0 Å². The van der Waals surface area contributed by atoms with Crippen molar-refractivity contribution in [3.8, 4) is 0 Å². The first-order valence-corrected chi connectivity index (χ1v) is 6.72. The topological polar surface area (TPSA) is 83.5 Å². The van der Waals surface area contributed by atoms with Crippen molar-refractivity contribution in [1.82, 2.24) is 10.4 Å². The van der Waals surface area contributed by atoms with Crippen molar-refractivity contribution in [1.29, 1.82) is 0 Å². The SMILES string of the molecule is Cc1ccc(NC(=O)CC(=O)N/N=C/c2ccncc2)cc1. The molecule has 0 fully saturated rings. The third-order valence-electron chi connectivity index (χ3n) is 2.77. The molecular weight excluding hydrogens is 280 g/mol. The Morgan fingerprint density at radius 2 is 1.77 bits per heavy atom. The largest absolute Gasteiger partial charge is 0.326 e. The second kappa shape index (κ2) is 7.68. The molecule has 0 saturated carbocycles. The van der Waals surface area contributed by atoms with Gasteiger partial charge in [-0.2, -0.15) is 5.10 Å². The Bertz CT molecular complexity index is 666. The quantitative estimate of drug-likeness (QED) is 0.502. The first-order valence-electron chi connectivity index (χ1n) is 6.72. The predicted molar refractivity (Wildman–Crippen MR) is 84.4 cm³/mol. The lowest BCUT2D eigenvalue weighted by molar-refractivity contribution is -0.126. The molecule has 0 atom stereocenters. The normalized spacial score (nSPS) is 10.4. The summed E-state index contributed by atoms with van der Waals surface area (Å²) < 4.78 is 0. The summed E-state index contributed by atoms with van der Waals surface area (Å²) in [5, 5.41) is 6.43. The number of benzene rings is 1. The predicted octanol–water partition coefficient (Wildman–Crippen LogP) is 1.87. The van der Waals surface area contributed by atoms with E-state index in [2.05, 4.69) is 20.8 Å². The van der Waals surface area contributed by atoms with Crippen LogP contribution in [0.1, 0.15) is 17.5 Å². The van der Waals surface area contributed by atoms with Crippen molar-refractivity contribution in [2.75, 3.05) is 5.32 Å². The average Bonchev–Trinajstić information content (AvgIpc) is 2.50. The van der Waals surface area contributed by atoms with E-state index >= 15 is 0 Å². The first kappa shape index (κ1) is 15.4. The van der Waals surface area contributed by atoms with Crippen LogP contribution in [0.5, 0.6) is 0 Å². The van der Waals surface area contributed by atoms with Crippen molar-refractivity contribution in [2.24, 2.45) is 5.10 Å². The summed E-state index contributed by atoms with van der Waals surface area (Å²) in [6.45, 7) is 1.96. The summed E-state index contributed by atoms with van der Waals surface area (Å²) in [5.41, 5.74) is 4.87. The van der Waals surface area contributed by atoms with E-state index < -0.39 is 5.91 Å². The zero-order valence-corrected chi connectivity index (χ0v) is 12.1. The van der Waals surface area contributed by atoms with E-state index in [0.29, 0.717) is 5.69 Å². The Kier molecular flexibility index (Phi) is 5.37. The first-order chi connectivity index (χ1) is 10.6. The summed E-state index contributed by atoms with van der Waals surface area (Å²) in [6, 6.07) is 10.8. The number of nitrogens with zero attached hydrogens (tertiary/aromatic N) is 2. The summed E-state index contributed by atoms with van der Waals surface area (Å²) in [5.74, 6) is -0.865. The lowest BCUT2D eigenvalue weighted by atomic mass is 10.2.